The van der Waals surface area contributed by atoms with Crippen molar-refractivity contribution >= 4 is 11.4 Å². The maximum atomic E-state index is 9.03. The molecule has 4 nitrogen and oxygen atoms in total. The van der Waals surface area contributed by atoms with Crippen LogP contribution in [0.15, 0.2) is 18.2 Å². The Morgan fingerprint density at radius 3 is 2.79 bits per heavy atom. The van der Waals surface area contributed by atoms with Crippen LogP contribution in [0.5, 0.6) is 0 Å². The lowest BCUT2D eigenvalue weighted by Gasteiger charge is -2.39. The standard InChI is InChI=1S/C15H21N3O/c16-8-7-12-11-14(5-6-15(12)17)18(9-2-10-19)13-3-1-4-13/h5-6,11,13,19H,1-4,7,9-10,17H2. The van der Waals surface area contributed by atoms with Crippen LogP contribution in [0.1, 0.15) is 31.2 Å². The van der Waals surface area contributed by atoms with E-state index in [1.54, 1.807) is 0 Å². The van der Waals surface area contributed by atoms with Crippen LogP contribution in [-0.2, 0) is 6.42 Å². The van der Waals surface area contributed by atoms with Gasteiger partial charge in [0, 0.05) is 30.6 Å². The monoisotopic (exact) mass is 259 g/mol. The number of rotatable bonds is 6. The second kappa shape index (κ2) is 6.44. The van der Waals surface area contributed by atoms with Gasteiger partial charge in [-0.2, -0.15) is 5.26 Å². The van der Waals surface area contributed by atoms with Crippen LogP contribution in [0.4, 0.5) is 11.4 Å². The molecule has 19 heavy (non-hydrogen) atoms. The summed E-state index contributed by atoms with van der Waals surface area (Å²) in [5.74, 6) is 0. The Morgan fingerprint density at radius 1 is 1.42 bits per heavy atom. The van der Waals surface area contributed by atoms with Gasteiger partial charge in [0.15, 0.2) is 0 Å². The van der Waals surface area contributed by atoms with E-state index in [-0.39, 0.29) is 6.61 Å². The van der Waals surface area contributed by atoms with Gasteiger partial charge in [-0.25, -0.2) is 0 Å². The molecular formula is C15H21N3O. The van der Waals surface area contributed by atoms with Crippen molar-refractivity contribution in [2.75, 3.05) is 23.8 Å². The SMILES string of the molecule is N#CCc1cc(N(CCCO)C2CCC2)ccc1N. The van der Waals surface area contributed by atoms with Crippen LogP contribution in [0.3, 0.4) is 0 Å². The van der Waals surface area contributed by atoms with Gasteiger partial charge in [0.25, 0.3) is 0 Å². The van der Waals surface area contributed by atoms with E-state index in [0.29, 0.717) is 18.2 Å². The molecule has 1 fully saturated rings. The number of hydrogen-bond donors (Lipinski definition) is 2. The van der Waals surface area contributed by atoms with Gasteiger partial charge in [-0.3, -0.25) is 0 Å². The molecule has 3 N–H and O–H groups in total. The Kier molecular flexibility index (Phi) is 4.64. The van der Waals surface area contributed by atoms with Crippen LogP contribution in [0.2, 0.25) is 0 Å². The summed E-state index contributed by atoms with van der Waals surface area (Å²) < 4.78 is 0. The fraction of sp³-hybridized carbons (Fsp3) is 0.533. The Hall–Kier alpha value is -1.73. The smallest absolute Gasteiger partial charge is 0.0670 e. The topological polar surface area (TPSA) is 73.3 Å². The number of benzene rings is 1. The van der Waals surface area contributed by atoms with Crippen molar-refractivity contribution in [3.8, 4) is 6.07 Å². The summed E-state index contributed by atoms with van der Waals surface area (Å²) in [6, 6.07) is 8.65. The molecule has 0 heterocycles. The van der Waals surface area contributed by atoms with Gasteiger partial charge in [0.05, 0.1) is 12.5 Å². The molecule has 1 aromatic carbocycles. The summed E-state index contributed by atoms with van der Waals surface area (Å²) in [5.41, 5.74) is 8.59. The number of nitrogen functional groups attached to an aromatic ring is 1. The third-order valence-corrected chi connectivity index (χ3v) is 3.80. The maximum Gasteiger partial charge on any atom is 0.0670 e. The predicted molar refractivity (Wildman–Crippen MR) is 76.9 cm³/mol. The lowest BCUT2D eigenvalue weighted by molar-refractivity contribution is 0.283. The Morgan fingerprint density at radius 2 is 2.21 bits per heavy atom. The summed E-state index contributed by atoms with van der Waals surface area (Å²) >= 11 is 0. The van der Waals surface area contributed by atoms with E-state index in [4.69, 9.17) is 16.1 Å². The van der Waals surface area contributed by atoms with Crippen LogP contribution >= 0.6 is 0 Å². The minimum Gasteiger partial charge on any atom is -0.398 e. The lowest BCUT2D eigenvalue weighted by atomic mass is 9.90. The summed E-state index contributed by atoms with van der Waals surface area (Å²) in [5, 5.41) is 17.9. The number of nitrogens with zero attached hydrogens (tertiary/aromatic N) is 2. The Labute approximate surface area is 114 Å². The van der Waals surface area contributed by atoms with Crippen molar-refractivity contribution in [2.24, 2.45) is 0 Å². The van der Waals surface area contributed by atoms with Gasteiger partial charge in [-0.15, -0.1) is 0 Å². The van der Waals surface area contributed by atoms with Crippen molar-refractivity contribution in [1.82, 2.24) is 0 Å². The molecule has 0 amide bonds. The van der Waals surface area contributed by atoms with Crippen molar-refractivity contribution < 1.29 is 5.11 Å². The molecule has 0 spiro atoms. The highest BCUT2D eigenvalue weighted by Crippen LogP contribution is 2.31. The van der Waals surface area contributed by atoms with E-state index in [0.717, 1.165) is 24.2 Å². The largest absolute Gasteiger partial charge is 0.398 e. The lowest BCUT2D eigenvalue weighted by Crippen LogP contribution is -2.41. The summed E-state index contributed by atoms with van der Waals surface area (Å²) in [7, 11) is 0. The van der Waals surface area contributed by atoms with Gasteiger partial charge < -0.3 is 15.7 Å². The van der Waals surface area contributed by atoms with Crippen molar-refractivity contribution in [1.29, 1.82) is 5.26 Å². The minimum absolute atomic E-state index is 0.212. The van der Waals surface area contributed by atoms with Gasteiger partial charge in [-0.05, 0) is 49.4 Å². The van der Waals surface area contributed by atoms with Crippen LogP contribution in [0.25, 0.3) is 0 Å². The summed E-state index contributed by atoms with van der Waals surface area (Å²) in [6.07, 6.45) is 4.82. The molecule has 0 radical (unpaired) electrons. The van der Waals surface area contributed by atoms with Crippen LogP contribution in [0, 0.1) is 11.3 Å². The molecule has 0 saturated heterocycles. The second-order valence-corrected chi connectivity index (χ2v) is 5.07. The molecule has 2 rings (SSSR count). The van der Waals surface area contributed by atoms with Crippen molar-refractivity contribution in [3.05, 3.63) is 23.8 Å². The zero-order valence-corrected chi connectivity index (χ0v) is 11.2. The summed E-state index contributed by atoms with van der Waals surface area (Å²) in [6.45, 7) is 1.07. The second-order valence-electron chi connectivity index (χ2n) is 5.07. The van der Waals surface area contributed by atoms with E-state index in [1.165, 1.54) is 19.3 Å². The molecule has 1 aliphatic carbocycles. The molecule has 0 aromatic heterocycles. The molecule has 0 atom stereocenters. The molecule has 0 bridgehead atoms. The predicted octanol–water partition coefficient (Wildman–Crippen LogP) is 2.08. The minimum atomic E-state index is 0.212. The summed E-state index contributed by atoms with van der Waals surface area (Å²) in [4.78, 5) is 2.35. The normalized spacial score (nSPS) is 14.7. The third-order valence-electron chi connectivity index (χ3n) is 3.80. The van der Waals surface area contributed by atoms with Gasteiger partial charge in [0.1, 0.15) is 0 Å². The fourth-order valence-electron chi connectivity index (χ4n) is 2.47. The third kappa shape index (κ3) is 3.18. The zero-order valence-electron chi connectivity index (χ0n) is 11.2. The van der Waals surface area contributed by atoms with E-state index < -0.39 is 0 Å². The highest BCUT2D eigenvalue weighted by Gasteiger charge is 2.25. The van der Waals surface area contributed by atoms with Gasteiger partial charge in [-0.1, -0.05) is 0 Å². The molecule has 1 aromatic rings. The molecule has 102 valence electrons. The van der Waals surface area contributed by atoms with E-state index in [9.17, 15) is 0 Å². The van der Waals surface area contributed by atoms with Crippen molar-refractivity contribution in [2.45, 2.75) is 38.1 Å². The van der Waals surface area contributed by atoms with Crippen LogP contribution < -0.4 is 10.6 Å². The molecule has 1 aliphatic rings. The first kappa shape index (κ1) is 13.7. The molecular weight excluding hydrogens is 238 g/mol. The van der Waals surface area contributed by atoms with Crippen molar-refractivity contribution in [3.63, 3.8) is 0 Å². The fourth-order valence-corrected chi connectivity index (χ4v) is 2.47. The first-order valence-corrected chi connectivity index (χ1v) is 6.89. The number of aliphatic hydroxyl groups excluding tert-OH is 1. The molecule has 0 unspecified atom stereocenters. The maximum absolute atomic E-state index is 9.03. The molecule has 4 heteroatoms. The van der Waals surface area contributed by atoms with E-state index >= 15 is 0 Å². The van der Waals surface area contributed by atoms with Gasteiger partial charge in [0.2, 0.25) is 0 Å². The van der Waals surface area contributed by atoms with Gasteiger partial charge >= 0.3 is 0 Å². The first-order valence-electron chi connectivity index (χ1n) is 6.89. The highest BCUT2D eigenvalue weighted by molar-refractivity contribution is 5.59. The Balaban J connectivity index is 2.20. The number of nitrogens with two attached hydrogens (primary N) is 1. The number of anilines is 2. The Bertz CT molecular complexity index is 463. The van der Waals surface area contributed by atoms with E-state index in [1.807, 2.05) is 18.2 Å². The molecule has 0 aliphatic heterocycles. The quantitative estimate of drug-likeness (QED) is 0.767. The average molecular weight is 259 g/mol. The zero-order chi connectivity index (χ0) is 13.7. The number of nitriles is 1. The average Bonchev–Trinajstić information content (AvgIpc) is 2.35. The first-order chi connectivity index (χ1) is 9.26. The van der Waals surface area contributed by atoms with E-state index in [2.05, 4.69) is 11.0 Å². The molecule has 1 saturated carbocycles. The number of hydrogen-bond acceptors (Lipinski definition) is 4. The number of aliphatic hydroxyl groups is 1. The highest BCUT2D eigenvalue weighted by atomic mass is 16.3. The van der Waals surface area contributed by atoms with Crippen LogP contribution in [-0.4, -0.2) is 24.3 Å².